The molecule has 5 heteroatoms. The number of alkyl halides is 1. The molecule has 0 fully saturated rings. The van der Waals surface area contributed by atoms with Crippen molar-refractivity contribution in [1.29, 1.82) is 0 Å². The Morgan fingerprint density at radius 1 is 1.40 bits per heavy atom. The van der Waals surface area contributed by atoms with Crippen molar-refractivity contribution in [2.45, 2.75) is 12.8 Å². The second-order valence-corrected chi connectivity index (χ2v) is 5.78. The number of halogens is 1. The topological polar surface area (TPSA) is 37.4 Å². The predicted octanol–water partition coefficient (Wildman–Crippen LogP) is 2.13. The Kier molecular flexibility index (Phi) is 3.62. The first kappa shape index (κ1) is 12.3. The van der Waals surface area contributed by atoms with Gasteiger partial charge in [0.05, 0.1) is 11.9 Å². The summed E-state index contributed by atoms with van der Waals surface area (Å²) in [7, 11) is -1.70. The quantitative estimate of drug-likeness (QED) is 0.768. The highest BCUT2D eigenvalue weighted by molar-refractivity contribution is 7.92. The number of benzene rings is 1. The van der Waals surface area contributed by atoms with Gasteiger partial charge in [0.1, 0.15) is 0 Å². The molecule has 15 heavy (non-hydrogen) atoms. The normalized spacial score (nSPS) is 11.5. The van der Waals surface area contributed by atoms with E-state index in [1.165, 1.54) is 17.6 Å². The van der Waals surface area contributed by atoms with Crippen LogP contribution in [-0.4, -0.2) is 21.7 Å². The van der Waals surface area contributed by atoms with E-state index in [9.17, 15) is 8.42 Å². The molecule has 0 amide bonds. The van der Waals surface area contributed by atoms with E-state index in [0.29, 0.717) is 11.6 Å². The molecule has 0 radical (unpaired) electrons. The minimum absolute atomic E-state index is 0.302. The van der Waals surface area contributed by atoms with E-state index in [4.69, 9.17) is 11.6 Å². The number of sulfonamides is 1. The van der Waals surface area contributed by atoms with Crippen LogP contribution >= 0.6 is 11.6 Å². The van der Waals surface area contributed by atoms with Gasteiger partial charge < -0.3 is 0 Å². The van der Waals surface area contributed by atoms with Crippen LogP contribution in [0.15, 0.2) is 18.2 Å². The molecule has 0 saturated carbocycles. The summed E-state index contributed by atoms with van der Waals surface area (Å²) < 4.78 is 24.0. The monoisotopic (exact) mass is 247 g/mol. The van der Waals surface area contributed by atoms with E-state index in [2.05, 4.69) is 0 Å². The van der Waals surface area contributed by atoms with Crippen molar-refractivity contribution in [3.63, 3.8) is 0 Å². The van der Waals surface area contributed by atoms with Gasteiger partial charge in [-0.2, -0.15) is 0 Å². The van der Waals surface area contributed by atoms with Gasteiger partial charge in [-0.15, -0.1) is 11.6 Å². The van der Waals surface area contributed by atoms with Crippen LogP contribution in [0.25, 0.3) is 0 Å². The third-order valence-electron chi connectivity index (χ3n) is 2.22. The molecule has 1 aromatic carbocycles. The highest BCUT2D eigenvalue weighted by atomic mass is 35.5. The first-order chi connectivity index (χ1) is 6.86. The summed E-state index contributed by atoms with van der Waals surface area (Å²) in [6.45, 7) is 1.94. The summed E-state index contributed by atoms with van der Waals surface area (Å²) >= 11 is 5.78. The lowest BCUT2D eigenvalue weighted by Crippen LogP contribution is -2.25. The molecule has 0 N–H and O–H groups in total. The van der Waals surface area contributed by atoms with Crippen LogP contribution < -0.4 is 4.31 Å². The maximum atomic E-state index is 11.4. The minimum atomic E-state index is -3.23. The summed E-state index contributed by atoms with van der Waals surface area (Å²) in [5, 5.41) is 0. The van der Waals surface area contributed by atoms with Crippen molar-refractivity contribution in [3.8, 4) is 0 Å². The van der Waals surface area contributed by atoms with Crippen molar-refractivity contribution in [1.82, 2.24) is 0 Å². The van der Waals surface area contributed by atoms with E-state index in [-0.39, 0.29) is 0 Å². The molecule has 0 aromatic heterocycles. The first-order valence-electron chi connectivity index (χ1n) is 4.45. The highest BCUT2D eigenvalue weighted by Crippen LogP contribution is 2.24. The average molecular weight is 248 g/mol. The van der Waals surface area contributed by atoms with Gasteiger partial charge in [-0.25, -0.2) is 8.42 Å². The zero-order valence-electron chi connectivity index (χ0n) is 8.99. The maximum absolute atomic E-state index is 11.4. The Morgan fingerprint density at radius 2 is 2.00 bits per heavy atom. The summed E-state index contributed by atoms with van der Waals surface area (Å²) in [5.41, 5.74) is 2.53. The Bertz CT molecular complexity index is 456. The van der Waals surface area contributed by atoms with Gasteiger partial charge in [-0.1, -0.05) is 17.7 Å². The van der Waals surface area contributed by atoms with Crippen LogP contribution in [0.5, 0.6) is 0 Å². The van der Waals surface area contributed by atoms with Crippen LogP contribution in [0.1, 0.15) is 11.1 Å². The number of aryl methyl sites for hydroxylation is 1. The SMILES string of the molecule is Cc1ccc(N(C)S(C)(=O)=O)c(CCl)c1. The van der Waals surface area contributed by atoms with Crippen molar-refractivity contribution >= 4 is 27.3 Å². The Hall–Kier alpha value is -0.740. The smallest absolute Gasteiger partial charge is 0.232 e. The average Bonchev–Trinajstić information content (AvgIpc) is 2.15. The molecule has 0 aliphatic rings. The minimum Gasteiger partial charge on any atom is -0.273 e. The molecule has 0 heterocycles. The number of rotatable bonds is 3. The van der Waals surface area contributed by atoms with Crippen LogP contribution in [0, 0.1) is 6.92 Å². The molecule has 1 aromatic rings. The molecule has 0 spiro atoms. The summed E-state index contributed by atoms with van der Waals surface area (Å²) in [6.07, 6.45) is 1.17. The Morgan fingerprint density at radius 3 is 2.47 bits per heavy atom. The van der Waals surface area contributed by atoms with Gasteiger partial charge in [0, 0.05) is 12.9 Å². The summed E-state index contributed by atoms with van der Waals surface area (Å²) in [5.74, 6) is 0.302. The lowest BCUT2D eigenvalue weighted by atomic mass is 10.1. The summed E-state index contributed by atoms with van der Waals surface area (Å²) in [4.78, 5) is 0. The van der Waals surface area contributed by atoms with Crippen LogP contribution in [-0.2, 0) is 15.9 Å². The van der Waals surface area contributed by atoms with E-state index in [0.717, 1.165) is 11.1 Å². The molecule has 0 aliphatic carbocycles. The second-order valence-electron chi connectivity index (χ2n) is 3.50. The van der Waals surface area contributed by atoms with Crippen LogP contribution in [0.3, 0.4) is 0 Å². The van der Waals surface area contributed by atoms with E-state index in [1.54, 1.807) is 6.07 Å². The Labute approximate surface area is 95.7 Å². The molecule has 0 saturated heterocycles. The molecule has 1 rings (SSSR count). The fourth-order valence-corrected chi connectivity index (χ4v) is 2.06. The van der Waals surface area contributed by atoms with Gasteiger partial charge in [0.2, 0.25) is 10.0 Å². The number of nitrogens with zero attached hydrogens (tertiary/aromatic N) is 1. The van der Waals surface area contributed by atoms with Gasteiger partial charge >= 0.3 is 0 Å². The largest absolute Gasteiger partial charge is 0.273 e. The standard InChI is InChI=1S/C10H14ClNO2S/c1-8-4-5-10(9(6-8)7-11)12(2)15(3,13)14/h4-6H,7H2,1-3H3. The van der Waals surface area contributed by atoms with Gasteiger partial charge in [0.25, 0.3) is 0 Å². The van der Waals surface area contributed by atoms with Crippen molar-refractivity contribution in [2.75, 3.05) is 17.6 Å². The lowest BCUT2D eigenvalue weighted by molar-refractivity contribution is 0.600. The first-order valence-corrected chi connectivity index (χ1v) is 6.84. The summed E-state index contributed by atoms with van der Waals surface area (Å²) in [6, 6.07) is 5.53. The number of hydrogen-bond acceptors (Lipinski definition) is 2. The second kappa shape index (κ2) is 4.41. The molecule has 84 valence electrons. The molecule has 0 unspecified atom stereocenters. The van der Waals surface area contributed by atoms with E-state index in [1.807, 2.05) is 19.1 Å². The molecule has 0 bridgehead atoms. The Balaban J connectivity index is 3.26. The van der Waals surface area contributed by atoms with Crippen molar-refractivity contribution in [2.24, 2.45) is 0 Å². The van der Waals surface area contributed by atoms with Gasteiger partial charge in [-0.3, -0.25) is 4.31 Å². The molecule has 3 nitrogen and oxygen atoms in total. The van der Waals surface area contributed by atoms with E-state index >= 15 is 0 Å². The molecule has 0 aliphatic heterocycles. The molecular formula is C10H14ClNO2S. The zero-order chi connectivity index (χ0) is 11.6. The maximum Gasteiger partial charge on any atom is 0.232 e. The lowest BCUT2D eigenvalue weighted by Gasteiger charge is -2.19. The van der Waals surface area contributed by atoms with Crippen LogP contribution in [0.2, 0.25) is 0 Å². The van der Waals surface area contributed by atoms with Gasteiger partial charge in [-0.05, 0) is 18.6 Å². The highest BCUT2D eigenvalue weighted by Gasteiger charge is 2.14. The van der Waals surface area contributed by atoms with Crippen molar-refractivity contribution in [3.05, 3.63) is 29.3 Å². The third kappa shape index (κ3) is 2.86. The zero-order valence-corrected chi connectivity index (χ0v) is 10.6. The number of hydrogen-bond donors (Lipinski definition) is 0. The number of anilines is 1. The predicted molar refractivity (Wildman–Crippen MR) is 64.0 cm³/mol. The van der Waals surface area contributed by atoms with Crippen molar-refractivity contribution < 1.29 is 8.42 Å². The van der Waals surface area contributed by atoms with E-state index < -0.39 is 10.0 Å². The van der Waals surface area contributed by atoms with Crippen LogP contribution in [0.4, 0.5) is 5.69 Å². The molecule has 0 atom stereocenters. The molecular weight excluding hydrogens is 234 g/mol. The fourth-order valence-electron chi connectivity index (χ4n) is 1.31. The third-order valence-corrected chi connectivity index (χ3v) is 3.70. The van der Waals surface area contributed by atoms with Gasteiger partial charge in [0.15, 0.2) is 0 Å². The fraction of sp³-hybridized carbons (Fsp3) is 0.400.